The third-order valence-corrected chi connectivity index (χ3v) is 3.51. The van der Waals surface area contributed by atoms with Gasteiger partial charge in [0.1, 0.15) is 0 Å². The molecule has 0 unspecified atom stereocenters. The van der Waals surface area contributed by atoms with Crippen molar-refractivity contribution >= 4 is 33.2 Å². The smallest absolute Gasteiger partial charge is 0.0568 e. The van der Waals surface area contributed by atoms with Crippen LogP contribution in [0.15, 0.2) is 22.7 Å². The summed E-state index contributed by atoms with van der Waals surface area (Å²) < 4.78 is 0.939. The second-order valence-electron chi connectivity index (χ2n) is 3.29. The summed E-state index contributed by atoms with van der Waals surface area (Å²) in [7, 11) is 0. The quantitative estimate of drug-likeness (QED) is 0.840. The highest BCUT2D eigenvalue weighted by atomic mass is 79.9. The third-order valence-electron chi connectivity index (χ3n) is 2.28. The molecule has 1 N–H and O–H groups in total. The lowest BCUT2D eigenvalue weighted by atomic mass is 10.1. The Balaban J connectivity index is 2.72. The molecule has 0 bridgehead atoms. The van der Waals surface area contributed by atoms with E-state index in [-0.39, 0.29) is 0 Å². The molecular weight excluding hydrogens is 261 g/mol. The molecule has 0 radical (unpaired) electrons. The molecule has 0 fully saturated rings. The van der Waals surface area contributed by atoms with Crippen molar-refractivity contribution in [2.45, 2.75) is 32.7 Å². The lowest BCUT2D eigenvalue weighted by Gasteiger charge is -2.16. The van der Waals surface area contributed by atoms with Crippen LogP contribution in [0.25, 0.3) is 0 Å². The number of nitrogens with one attached hydrogen (secondary N) is 1. The summed E-state index contributed by atoms with van der Waals surface area (Å²) in [5.41, 5.74) is 1.09. The molecule has 0 aliphatic heterocycles. The van der Waals surface area contributed by atoms with Gasteiger partial charge in [-0.3, -0.25) is 0 Å². The Morgan fingerprint density at radius 2 is 2.00 bits per heavy atom. The first-order valence-corrected chi connectivity index (χ1v) is 6.06. The normalized spacial score (nSPS) is 10.6. The van der Waals surface area contributed by atoms with Crippen LogP contribution in [0.4, 0.5) is 5.69 Å². The molecule has 0 spiro atoms. The zero-order valence-corrected chi connectivity index (χ0v) is 10.8. The van der Waals surface area contributed by atoms with Gasteiger partial charge in [-0.2, -0.15) is 0 Å². The molecule has 14 heavy (non-hydrogen) atoms. The van der Waals surface area contributed by atoms with Crippen LogP contribution in [0.1, 0.15) is 26.7 Å². The van der Waals surface area contributed by atoms with E-state index in [0.29, 0.717) is 6.04 Å². The second kappa shape index (κ2) is 5.62. The molecule has 1 aromatic carbocycles. The summed E-state index contributed by atoms with van der Waals surface area (Å²) in [4.78, 5) is 0. The highest BCUT2D eigenvalue weighted by Crippen LogP contribution is 2.26. The fourth-order valence-corrected chi connectivity index (χ4v) is 1.74. The van der Waals surface area contributed by atoms with Crippen molar-refractivity contribution in [2.75, 3.05) is 5.32 Å². The van der Waals surface area contributed by atoms with Crippen LogP contribution < -0.4 is 5.32 Å². The van der Waals surface area contributed by atoms with E-state index in [1.165, 1.54) is 0 Å². The molecule has 1 nitrogen and oxygen atoms in total. The largest absolute Gasteiger partial charge is 0.382 e. The van der Waals surface area contributed by atoms with Gasteiger partial charge in [-0.15, -0.1) is 0 Å². The van der Waals surface area contributed by atoms with Crippen molar-refractivity contribution in [1.29, 1.82) is 0 Å². The Hall–Kier alpha value is -0.210. The van der Waals surface area contributed by atoms with E-state index in [1.54, 1.807) is 0 Å². The van der Waals surface area contributed by atoms with Gasteiger partial charge in [0.25, 0.3) is 0 Å². The van der Waals surface area contributed by atoms with Gasteiger partial charge in [0, 0.05) is 16.2 Å². The highest BCUT2D eigenvalue weighted by molar-refractivity contribution is 9.10. The molecule has 0 amide bonds. The monoisotopic (exact) mass is 275 g/mol. The van der Waals surface area contributed by atoms with Crippen LogP contribution in [0.5, 0.6) is 0 Å². The Morgan fingerprint density at radius 1 is 1.36 bits per heavy atom. The number of rotatable bonds is 4. The number of hydrogen-bond donors (Lipinski definition) is 1. The maximum absolute atomic E-state index is 6.00. The van der Waals surface area contributed by atoms with Crippen molar-refractivity contribution in [3.8, 4) is 0 Å². The van der Waals surface area contributed by atoms with E-state index in [4.69, 9.17) is 11.6 Å². The van der Waals surface area contributed by atoms with Gasteiger partial charge < -0.3 is 5.32 Å². The summed E-state index contributed by atoms with van der Waals surface area (Å²) in [5, 5.41) is 4.19. The average molecular weight is 277 g/mol. The number of halogens is 2. The predicted octanol–water partition coefficient (Wildman–Crippen LogP) is 4.70. The molecule has 3 heteroatoms. The average Bonchev–Trinajstić information content (AvgIpc) is 2.19. The van der Waals surface area contributed by atoms with Gasteiger partial charge in [-0.1, -0.05) is 25.4 Å². The van der Waals surface area contributed by atoms with E-state index in [0.717, 1.165) is 28.0 Å². The topological polar surface area (TPSA) is 12.0 Å². The molecule has 0 aromatic heterocycles. The van der Waals surface area contributed by atoms with Crippen LogP contribution in [-0.4, -0.2) is 6.04 Å². The Morgan fingerprint density at radius 3 is 2.50 bits per heavy atom. The minimum atomic E-state index is 0.534. The zero-order valence-electron chi connectivity index (χ0n) is 8.48. The SMILES string of the molecule is CCC(CC)Nc1ccc(Br)c(Cl)c1. The first-order chi connectivity index (χ1) is 6.67. The molecule has 1 aromatic rings. The first-order valence-electron chi connectivity index (χ1n) is 4.89. The highest BCUT2D eigenvalue weighted by Gasteiger charge is 2.04. The summed E-state index contributed by atoms with van der Waals surface area (Å²) in [6, 6.07) is 6.48. The van der Waals surface area contributed by atoms with Gasteiger partial charge >= 0.3 is 0 Å². The number of hydrogen-bond acceptors (Lipinski definition) is 1. The fourth-order valence-electron chi connectivity index (χ4n) is 1.31. The van der Waals surface area contributed by atoms with Crippen molar-refractivity contribution in [3.63, 3.8) is 0 Å². The Labute approximate surface area is 99.0 Å². The summed E-state index contributed by atoms with van der Waals surface area (Å²) in [6.45, 7) is 4.36. The lowest BCUT2D eigenvalue weighted by molar-refractivity contribution is 0.672. The molecule has 0 aliphatic rings. The number of benzene rings is 1. The van der Waals surface area contributed by atoms with Gasteiger partial charge in [-0.05, 0) is 47.0 Å². The minimum Gasteiger partial charge on any atom is -0.382 e. The van der Waals surface area contributed by atoms with Crippen LogP contribution in [0, 0.1) is 0 Å². The van der Waals surface area contributed by atoms with Gasteiger partial charge in [0.15, 0.2) is 0 Å². The van der Waals surface area contributed by atoms with Gasteiger partial charge in [0.2, 0.25) is 0 Å². The first kappa shape index (κ1) is 11.9. The fraction of sp³-hybridized carbons (Fsp3) is 0.455. The molecule has 0 heterocycles. The molecule has 0 atom stereocenters. The van der Waals surface area contributed by atoms with E-state index in [1.807, 2.05) is 18.2 Å². The Bertz CT molecular complexity index is 297. The Kier molecular flexibility index (Phi) is 4.76. The molecule has 78 valence electrons. The van der Waals surface area contributed by atoms with Crippen LogP contribution in [0.2, 0.25) is 5.02 Å². The predicted molar refractivity (Wildman–Crippen MR) is 67.1 cm³/mol. The molecule has 0 saturated heterocycles. The summed E-state index contributed by atoms with van der Waals surface area (Å²) >= 11 is 9.37. The van der Waals surface area contributed by atoms with E-state index >= 15 is 0 Å². The number of anilines is 1. The maximum Gasteiger partial charge on any atom is 0.0568 e. The zero-order chi connectivity index (χ0) is 10.6. The molecular formula is C11H15BrClN. The van der Waals surface area contributed by atoms with Crippen molar-refractivity contribution < 1.29 is 0 Å². The van der Waals surface area contributed by atoms with Crippen LogP contribution in [0.3, 0.4) is 0 Å². The standard InChI is InChI=1S/C11H15BrClN/c1-3-8(4-2)14-9-5-6-10(12)11(13)7-9/h5-8,14H,3-4H2,1-2H3. The summed E-state index contributed by atoms with van der Waals surface area (Å²) in [5.74, 6) is 0. The van der Waals surface area contributed by atoms with E-state index < -0.39 is 0 Å². The van der Waals surface area contributed by atoms with Gasteiger partial charge in [0.05, 0.1) is 5.02 Å². The molecule has 0 saturated carbocycles. The van der Waals surface area contributed by atoms with Gasteiger partial charge in [-0.25, -0.2) is 0 Å². The van der Waals surface area contributed by atoms with E-state index in [2.05, 4.69) is 35.1 Å². The van der Waals surface area contributed by atoms with Crippen molar-refractivity contribution in [2.24, 2.45) is 0 Å². The molecule has 0 aliphatic carbocycles. The third kappa shape index (κ3) is 3.18. The summed E-state index contributed by atoms with van der Waals surface area (Å²) in [6.07, 6.45) is 2.26. The van der Waals surface area contributed by atoms with Crippen LogP contribution >= 0.6 is 27.5 Å². The maximum atomic E-state index is 6.00. The van der Waals surface area contributed by atoms with Crippen molar-refractivity contribution in [1.82, 2.24) is 0 Å². The van der Waals surface area contributed by atoms with Crippen LogP contribution in [-0.2, 0) is 0 Å². The van der Waals surface area contributed by atoms with E-state index in [9.17, 15) is 0 Å². The molecule has 1 rings (SSSR count). The second-order valence-corrected chi connectivity index (χ2v) is 4.55. The lowest BCUT2D eigenvalue weighted by Crippen LogP contribution is -2.16. The minimum absolute atomic E-state index is 0.534. The van der Waals surface area contributed by atoms with Crippen molar-refractivity contribution in [3.05, 3.63) is 27.7 Å².